The zero-order chi connectivity index (χ0) is 27.5. The van der Waals surface area contributed by atoms with Crippen LogP contribution in [-0.4, -0.2) is 67.0 Å². The number of imide groups is 1. The van der Waals surface area contributed by atoms with E-state index >= 15 is 0 Å². The minimum absolute atomic E-state index is 0.124. The Morgan fingerprint density at radius 3 is 2.16 bits per heavy atom. The number of rotatable bonds is 3. The second-order valence-corrected chi connectivity index (χ2v) is 11.8. The van der Waals surface area contributed by atoms with E-state index in [4.69, 9.17) is 35.3 Å². The molecule has 0 aromatic carbocycles. The molecule has 2 aromatic rings. The van der Waals surface area contributed by atoms with Crippen LogP contribution in [0.1, 0.15) is 75.0 Å². The van der Waals surface area contributed by atoms with E-state index in [1.807, 2.05) is 20.8 Å². The van der Waals surface area contributed by atoms with Gasteiger partial charge in [0.2, 0.25) is 5.28 Å². The molecule has 37 heavy (non-hydrogen) atoms. The molecule has 4 heterocycles. The van der Waals surface area contributed by atoms with Crippen LogP contribution in [0.25, 0.3) is 11.2 Å². The van der Waals surface area contributed by atoms with Crippen LogP contribution < -0.4 is 4.90 Å². The fourth-order valence-corrected chi connectivity index (χ4v) is 4.45. The van der Waals surface area contributed by atoms with Gasteiger partial charge in [0.15, 0.2) is 29.0 Å². The summed E-state index contributed by atoms with van der Waals surface area (Å²) in [6, 6.07) is 0. The molecule has 0 bridgehead atoms. The summed E-state index contributed by atoms with van der Waals surface area (Å²) in [6.45, 7) is 15.8. The minimum Gasteiger partial charge on any atom is -0.443 e. The number of amides is 2. The van der Waals surface area contributed by atoms with Crippen molar-refractivity contribution >= 4 is 40.8 Å². The predicted molar refractivity (Wildman–Crippen MR) is 133 cm³/mol. The number of hydrogen-bond donors (Lipinski definition) is 0. The summed E-state index contributed by atoms with van der Waals surface area (Å²) < 4.78 is 31.1. The van der Waals surface area contributed by atoms with E-state index in [1.165, 1.54) is 6.33 Å². The highest BCUT2D eigenvalue weighted by Crippen LogP contribution is 2.45. The summed E-state index contributed by atoms with van der Waals surface area (Å²) >= 11 is 6.30. The minimum atomic E-state index is -0.995. The van der Waals surface area contributed by atoms with Crippen LogP contribution in [0.4, 0.5) is 15.4 Å². The summed E-state index contributed by atoms with van der Waals surface area (Å²) in [5, 5.41) is -0.216. The molecule has 0 unspecified atom stereocenters. The highest BCUT2D eigenvalue weighted by atomic mass is 35.5. The molecule has 13 heteroatoms. The van der Waals surface area contributed by atoms with Gasteiger partial charge in [0, 0.05) is 0 Å². The maximum atomic E-state index is 13.2. The summed E-state index contributed by atoms with van der Waals surface area (Å²) in [5.74, 6) is -0.967. The van der Waals surface area contributed by atoms with Crippen LogP contribution in [0, 0.1) is 0 Å². The number of hydrogen-bond acceptors (Lipinski definition) is 10. The van der Waals surface area contributed by atoms with Crippen molar-refractivity contribution in [3.63, 3.8) is 0 Å². The molecule has 204 valence electrons. The first-order valence-corrected chi connectivity index (χ1v) is 12.5. The Balaban J connectivity index is 1.81. The van der Waals surface area contributed by atoms with Crippen molar-refractivity contribution in [3.8, 4) is 0 Å². The number of aromatic nitrogens is 4. The van der Waals surface area contributed by atoms with Gasteiger partial charge in [-0.1, -0.05) is 6.92 Å². The van der Waals surface area contributed by atoms with Crippen LogP contribution >= 0.6 is 11.6 Å². The molecule has 2 aliphatic rings. The first-order valence-electron chi connectivity index (χ1n) is 12.2. The second-order valence-electron chi connectivity index (χ2n) is 11.5. The first kappa shape index (κ1) is 27.5. The lowest BCUT2D eigenvalue weighted by atomic mass is 10.1. The van der Waals surface area contributed by atoms with E-state index in [0.29, 0.717) is 11.3 Å². The standard InChI is InChI=1S/C24H34ClN5O7/c1-10-12-14-15(35-24(8,9)34-14)18(33-12)29-11-26-13-16(29)27-19(25)28-17(13)30(20(31)36-22(2,3)4)21(32)37-23(5,6)7/h11-12,14-15,18H,10H2,1-9H3/t12-,14-,15-,18-/m1/s1. The molecule has 4 atom stereocenters. The lowest BCUT2D eigenvalue weighted by Gasteiger charge is -2.28. The van der Waals surface area contributed by atoms with Crippen molar-refractivity contribution < 1.29 is 33.3 Å². The lowest BCUT2D eigenvalue weighted by Crippen LogP contribution is -2.44. The fourth-order valence-electron chi connectivity index (χ4n) is 4.29. The van der Waals surface area contributed by atoms with Crippen molar-refractivity contribution in [2.45, 2.75) is 110 Å². The molecule has 0 spiro atoms. The summed E-state index contributed by atoms with van der Waals surface area (Å²) in [4.78, 5) is 40.0. The topological polar surface area (TPSA) is 127 Å². The van der Waals surface area contributed by atoms with E-state index in [1.54, 1.807) is 46.1 Å². The molecular weight excluding hydrogens is 506 g/mol. The molecule has 4 rings (SSSR count). The number of carbonyl (C=O) groups is 2. The van der Waals surface area contributed by atoms with Gasteiger partial charge in [-0.15, -0.1) is 0 Å². The Kier molecular flexibility index (Phi) is 6.94. The van der Waals surface area contributed by atoms with E-state index in [-0.39, 0.29) is 34.5 Å². The number of ether oxygens (including phenoxy) is 5. The fraction of sp³-hybridized carbons (Fsp3) is 0.708. The average molecular weight is 540 g/mol. The molecule has 0 aliphatic carbocycles. The summed E-state index contributed by atoms with van der Waals surface area (Å²) in [5.41, 5.74) is -1.44. The quantitative estimate of drug-likeness (QED) is 0.492. The number of carbonyl (C=O) groups excluding carboxylic acids is 2. The van der Waals surface area contributed by atoms with Crippen LogP contribution in [0.2, 0.25) is 5.28 Å². The van der Waals surface area contributed by atoms with Gasteiger partial charge >= 0.3 is 12.2 Å². The first-order chi connectivity index (χ1) is 17.0. The van der Waals surface area contributed by atoms with Crippen molar-refractivity contribution in [1.82, 2.24) is 19.5 Å². The maximum absolute atomic E-state index is 13.2. The van der Waals surface area contributed by atoms with Gasteiger partial charge in [0.1, 0.15) is 23.4 Å². The number of halogens is 1. The molecule has 2 amide bonds. The monoisotopic (exact) mass is 539 g/mol. The van der Waals surface area contributed by atoms with E-state index < -0.39 is 41.5 Å². The molecule has 12 nitrogen and oxygen atoms in total. The number of fused-ring (bicyclic) bond motifs is 2. The SMILES string of the molecule is CC[C@H]1O[C@@H](n2cnc3c(N(C(=O)OC(C)(C)C)C(=O)OC(C)(C)C)nc(Cl)nc32)[C@@H]2OC(C)(C)O[C@@H]21. The summed E-state index contributed by atoms with van der Waals surface area (Å²) in [6.07, 6.45) is -1.40. The zero-order valence-corrected chi connectivity index (χ0v) is 23.3. The molecule has 0 radical (unpaired) electrons. The zero-order valence-electron chi connectivity index (χ0n) is 22.6. The van der Waals surface area contributed by atoms with Crippen molar-refractivity contribution in [2.24, 2.45) is 0 Å². The van der Waals surface area contributed by atoms with Gasteiger partial charge in [-0.05, 0) is 73.4 Å². The van der Waals surface area contributed by atoms with Crippen molar-refractivity contribution in [2.75, 3.05) is 4.90 Å². The third-order valence-corrected chi connectivity index (χ3v) is 5.71. The lowest BCUT2D eigenvalue weighted by molar-refractivity contribution is -0.196. The predicted octanol–water partition coefficient (Wildman–Crippen LogP) is 4.98. The third-order valence-electron chi connectivity index (χ3n) is 5.54. The van der Waals surface area contributed by atoms with Gasteiger partial charge in [0.25, 0.3) is 0 Å². The average Bonchev–Trinajstić information content (AvgIpc) is 3.35. The molecule has 0 N–H and O–H groups in total. The van der Waals surface area contributed by atoms with Crippen LogP contribution in [0.5, 0.6) is 0 Å². The Hall–Kier alpha value is -2.54. The number of imidazole rings is 1. The Morgan fingerprint density at radius 1 is 1.05 bits per heavy atom. The molecule has 2 saturated heterocycles. The molecule has 2 aromatic heterocycles. The van der Waals surface area contributed by atoms with Gasteiger partial charge in [-0.3, -0.25) is 4.57 Å². The van der Waals surface area contributed by atoms with Crippen molar-refractivity contribution in [3.05, 3.63) is 11.6 Å². The van der Waals surface area contributed by atoms with E-state index in [9.17, 15) is 9.59 Å². The number of nitrogens with zero attached hydrogens (tertiary/aromatic N) is 5. The molecule has 2 fully saturated rings. The van der Waals surface area contributed by atoms with Gasteiger partial charge < -0.3 is 23.7 Å². The Labute approximate surface area is 220 Å². The molecule has 0 saturated carbocycles. The normalized spacial score (nSPS) is 25.2. The molecular formula is C24H34ClN5O7. The second kappa shape index (κ2) is 9.33. The highest BCUT2D eigenvalue weighted by Gasteiger charge is 2.55. The largest absolute Gasteiger partial charge is 0.443 e. The van der Waals surface area contributed by atoms with E-state index in [2.05, 4.69) is 15.0 Å². The third kappa shape index (κ3) is 5.66. The maximum Gasteiger partial charge on any atom is 0.425 e. The highest BCUT2D eigenvalue weighted by molar-refractivity contribution is 6.29. The van der Waals surface area contributed by atoms with E-state index in [0.717, 1.165) is 0 Å². The van der Waals surface area contributed by atoms with Gasteiger partial charge in [-0.25, -0.2) is 14.6 Å². The Morgan fingerprint density at radius 2 is 1.62 bits per heavy atom. The van der Waals surface area contributed by atoms with Crippen molar-refractivity contribution in [1.29, 1.82) is 0 Å². The van der Waals surface area contributed by atoms with Crippen LogP contribution in [0.15, 0.2) is 6.33 Å². The number of anilines is 1. The van der Waals surface area contributed by atoms with Gasteiger partial charge in [-0.2, -0.15) is 14.9 Å². The van der Waals surface area contributed by atoms with Crippen LogP contribution in [-0.2, 0) is 23.7 Å². The Bertz CT molecular complexity index is 1170. The molecule has 2 aliphatic heterocycles. The van der Waals surface area contributed by atoms with Gasteiger partial charge in [0.05, 0.1) is 12.4 Å². The van der Waals surface area contributed by atoms with Crippen LogP contribution in [0.3, 0.4) is 0 Å². The smallest absolute Gasteiger partial charge is 0.425 e. The summed E-state index contributed by atoms with van der Waals surface area (Å²) in [7, 11) is 0.